The topological polar surface area (TPSA) is 17.1 Å². The van der Waals surface area contributed by atoms with E-state index in [2.05, 4.69) is 86.6 Å². The van der Waals surface area contributed by atoms with Crippen LogP contribution >= 0.6 is 10.9 Å². The van der Waals surface area contributed by atoms with Gasteiger partial charge in [-0.1, -0.05) is 74.5 Å². The lowest BCUT2D eigenvalue weighted by atomic mass is 9.96. The molecule has 0 saturated heterocycles. The van der Waals surface area contributed by atoms with Crippen molar-refractivity contribution in [3.63, 3.8) is 0 Å². The Bertz CT molecular complexity index is 1220. The van der Waals surface area contributed by atoms with E-state index in [1.807, 2.05) is 24.3 Å². The van der Waals surface area contributed by atoms with Gasteiger partial charge in [-0.2, -0.15) is 10.9 Å². The molecule has 0 N–H and O–H groups in total. The van der Waals surface area contributed by atoms with E-state index in [9.17, 15) is 4.79 Å². The molecule has 1 unspecified atom stereocenters. The smallest absolute Gasteiger partial charge is 0.195 e. The van der Waals surface area contributed by atoms with Crippen LogP contribution in [0.4, 0.5) is 0 Å². The van der Waals surface area contributed by atoms with Gasteiger partial charge in [0.2, 0.25) is 0 Å². The van der Waals surface area contributed by atoms with Crippen molar-refractivity contribution in [3.05, 3.63) is 114 Å². The number of fused-ring (bicyclic) bond motifs is 2. The zero-order valence-electron chi connectivity index (χ0n) is 17.2. The minimum atomic E-state index is -0.759. The SMILES string of the molecule is CC(C)c1ccc2c(c1)C(=O)c1ccccc1[SH]2c1ccc(-c2ccccc2)cc1. The molecular weight excluding hydrogens is 384 g/mol. The Morgan fingerprint density at radius 3 is 2.00 bits per heavy atom. The van der Waals surface area contributed by atoms with Gasteiger partial charge >= 0.3 is 0 Å². The van der Waals surface area contributed by atoms with Crippen molar-refractivity contribution in [2.45, 2.75) is 34.5 Å². The molecule has 1 aliphatic rings. The van der Waals surface area contributed by atoms with E-state index in [1.165, 1.54) is 26.5 Å². The van der Waals surface area contributed by atoms with E-state index in [0.29, 0.717) is 5.92 Å². The molecule has 30 heavy (non-hydrogen) atoms. The molecule has 0 aliphatic carbocycles. The minimum absolute atomic E-state index is 0.155. The maximum absolute atomic E-state index is 13.3. The summed E-state index contributed by atoms with van der Waals surface area (Å²) in [6, 6.07) is 34.0. The zero-order valence-corrected chi connectivity index (χ0v) is 18.1. The molecule has 0 spiro atoms. The number of rotatable bonds is 3. The maximum atomic E-state index is 13.3. The number of hydrogen-bond acceptors (Lipinski definition) is 1. The molecule has 0 bridgehead atoms. The molecule has 0 aromatic heterocycles. The van der Waals surface area contributed by atoms with Crippen molar-refractivity contribution < 1.29 is 4.79 Å². The predicted octanol–water partition coefficient (Wildman–Crippen LogP) is 7.50. The van der Waals surface area contributed by atoms with Gasteiger partial charge in [0.05, 0.1) is 0 Å². The van der Waals surface area contributed by atoms with Crippen LogP contribution < -0.4 is 0 Å². The molecule has 0 saturated carbocycles. The third-order valence-electron chi connectivity index (χ3n) is 5.80. The average Bonchev–Trinajstić information content (AvgIpc) is 2.80. The van der Waals surface area contributed by atoms with Crippen molar-refractivity contribution in [1.82, 2.24) is 0 Å². The van der Waals surface area contributed by atoms with Gasteiger partial charge in [-0.05, 0) is 63.9 Å². The van der Waals surface area contributed by atoms with E-state index in [1.54, 1.807) is 0 Å². The standard InChI is InChI=1S/C28H24OS/c1-19(2)22-14-17-27-25(18-22)28(29)24-10-6-7-11-26(24)30(27)23-15-12-21(13-16-23)20-8-4-3-5-9-20/h3-19,30H,1-2H3. The third kappa shape index (κ3) is 3.18. The van der Waals surface area contributed by atoms with Gasteiger partial charge in [0.15, 0.2) is 5.78 Å². The second-order valence-electron chi connectivity index (χ2n) is 8.03. The summed E-state index contributed by atoms with van der Waals surface area (Å²) >= 11 is 0. The highest BCUT2D eigenvalue weighted by Gasteiger charge is 2.30. The quantitative estimate of drug-likeness (QED) is 0.306. The first-order valence-corrected chi connectivity index (χ1v) is 11.7. The molecule has 1 heterocycles. The summed E-state index contributed by atoms with van der Waals surface area (Å²) in [5.74, 6) is 0.555. The van der Waals surface area contributed by atoms with Crippen LogP contribution in [0.2, 0.25) is 0 Å². The average molecular weight is 409 g/mol. The van der Waals surface area contributed by atoms with E-state index in [-0.39, 0.29) is 5.78 Å². The van der Waals surface area contributed by atoms with Gasteiger partial charge in [0.25, 0.3) is 0 Å². The summed E-state index contributed by atoms with van der Waals surface area (Å²) in [4.78, 5) is 16.9. The number of carbonyl (C=O) groups excluding carboxylic acids is 1. The summed E-state index contributed by atoms with van der Waals surface area (Å²) in [6.07, 6.45) is 0. The fourth-order valence-corrected chi connectivity index (χ4v) is 6.68. The van der Waals surface area contributed by atoms with Crippen LogP contribution in [0.3, 0.4) is 0 Å². The Balaban J connectivity index is 1.65. The Morgan fingerprint density at radius 2 is 1.27 bits per heavy atom. The van der Waals surface area contributed by atoms with Crippen molar-refractivity contribution in [3.8, 4) is 11.1 Å². The third-order valence-corrected chi connectivity index (χ3v) is 8.35. The van der Waals surface area contributed by atoms with Crippen LogP contribution in [0.5, 0.6) is 0 Å². The lowest BCUT2D eigenvalue weighted by Crippen LogP contribution is -2.13. The van der Waals surface area contributed by atoms with Gasteiger partial charge < -0.3 is 0 Å². The Morgan fingerprint density at radius 1 is 0.633 bits per heavy atom. The van der Waals surface area contributed by atoms with Crippen LogP contribution in [0.15, 0.2) is 112 Å². The van der Waals surface area contributed by atoms with Crippen LogP contribution in [0, 0.1) is 0 Å². The Labute approximate surface area is 180 Å². The Hall–Kier alpha value is -3.10. The number of carbonyl (C=O) groups is 1. The molecule has 1 nitrogen and oxygen atoms in total. The largest absolute Gasteiger partial charge is 0.289 e. The van der Waals surface area contributed by atoms with Crippen molar-refractivity contribution in [2.24, 2.45) is 0 Å². The molecular formula is C28H24OS. The number of hydrogen-bond donors (Lipinski definition) is 1. The van der Waals surface area contributed by atoms with Crippen LogP contribution in [-0.4, -0.2) is 5.78 Å². The maximum Gasteiger partial charge on any atom is 0.195 e. The molecule has 2 heteroatoms. The molecule has 1 atom stereocenters. The van der Waals surface area contributed by atoms with Crippen LogP contribution in [-0.2, 0) is 0 Å². The van der Waals surface area contributed by atoms with Crippen LogP contribution in [0.25, 0.3) is 11.1 Å². The monoisotopic (exact) mass is 408 g/mol. The van der Waals surface area contributed by atoms with E-state index < -0.39 is 10.9 Å². The molecule has 4 aromatic carbocycles. The minimum Gasteiger partial charge on any atom is -0.289 e. The van der Waals surface area contributed by atoms with Gasteiger partial charge in [-0.3, -0.25) is 4.79 Å². The van der Waals surface area contributed by atoms with Crippen molar-refractivity contribution >= 4 is 16.7 Å². The zero-order chi connectivity index (χ0) is 20.7. The molecule has 1 aliphatic heterocycles. The van der Waals surface area contributed by atoms with Crippen molar-refractivity contribution in [2.75, 3.05) is 0 Å². The summed E-state index contributed by atoms with van der Waals surface area (Å²) in [7, 11) is -0.759. The first kappa shape index (κ1) is 18.9. The highest BCUT2D eigenvalue weighted by molar-refractivity contribution is 8.17. The Kier molecular flexibility index (Phi) is 4.80. The lowest BCUT2D eigenvalue weighted by molar-refractivity contribution is 0.103. The fourth-order valence-electron chi connectivity index (χ4n) is 4.14. The molecule has 5 rings (SSSR count). The van der Waals surface area contributed by atoms with E-state index >= 15 is 0 Å². The second-order valence-corrected chi connectivity index (χ2v) is 10.2. The number of thiol groups is 1. The van der Waals surface area contributed by atoms with E-state index in [4.69, 9.17) is 0 Å². The van der Waals surface area contributed by atoms with Gasteiger partial charge in [-0.25, -0.2) is 0 Å². The molecule has 148 valence electrons. The van der Waals surface area contributed by atoms with Gasteiger partial charge in [0.1, 0.15) is 0 Å². The number of benzene rings is 4. The second kappa shape index (κ2) is 7.62. The fraction of sp³-hybridized carbons (Fsp3) is 0.107. The molecule has 0 radical (unpaired) electrons. The number of ketones is 1. The normalized spacial score (nSPS) is 16.2. The summed E-state index contributed by atoms with van der Waals surface area (Å²) in [6.45, 7) is 4.35. The first-order chi connectivity index (χ1) is 14.6. The van der Waals surface area contributed by atoms with Gasteiger partial charge in [0, 0.05) is 20.9 Å². The lowest BCUT2D eigenvalue weighted by Gasteiger charge is -2.32. The molecule has 0 fully saturated rings. The first-order valence-electron chi connectivity index (χ1n) is 10.4. The molecule has 0 amide bonds. The summed E-state index contributed by atoms with van der Waals surface area (Å²) < 4.78 is 0. The summed E-state index contributed by atoms with van der Waals surface area (Å²) in [5, 5.41) is 0. The van der Waals surface area contributed by atoms with Crippen LogP contribution in [0.1, 0.15) is 41.3 Å². The highest BCUT2D eigenvalue weighted by atomic mass is 32.2. The van der Waals surface area contributed by atoms with E-state index in [0.717, 1.165) is 16.0 Å². The highest BCUT2D eigenvalue weighted by Crippen LogP contribution is 2.57. The predicted molar refractivity (Wildman–Crippen MR) is 126 cm³/mol. The van der Waals surface area contributed by atoms with Crippen molar-refractivity contribution in [1.29, 1.82) is 0 Å². The van der Waals surface area contributed by atoms with Gasteiger partial charge in [-0.15, -0.1) is 0 Å². The molecule has 4 aromatic rings. The summed E-state index contributed by atoms with van der Waals surface area (Å²) in [5.41, 5.74) is 5.38.